The van der Waals surface area contributed by atoms with E-state index >= 15 is 0 Å². The van der Waals surface area contributed by atoms with E-state index in [9.17, 15) is 31.4 Å². The minimum atomic E-state index is -4.80. The highest BCUT2D eigenvalue weighted by atomic mass is 35.5. The molecule has 1 heterocycles. The fourth-order valence-corrected chi connectivity index (χ4v) is 4.03. The van der Waals surface area contributed by atoms with E-state index in [2.05, 4.69) is 5.10 Å². The maximum absolute atomic E-state index is 13.5. The van der Waals surface area contributed by atoms with Gasteiger partial charge in [-0.3, -0.25) is 4.68 Å². The molecular formula is C25H16Cl2F6N2O2. The number of hydrogen-bond acceptors (Lipinski definition) is 3. The summed E-state index contributed by atoms with van der Waals surface area (Å²) in [6, 6.07) is 12.9. The topological polar surface area (TPSA) is 47.3 Å². The molecule has 4 rings (SSSR count). The van der Waals surface area contributed by atoms with Gasteiger partial charge < -0.3 is 9.84 Å². The standard InChI is InChI=1S/C25H16Cl2F6N2O2/c1-35-21(25(31,32)33)11-19(34-35)16-7-9-20(37-12-13-2-5-15(26)6-3-13)22(23(16)36)14-4-8-18(27)17(10-14)24(28,29)30/h2-11,36H,12H2,1H3. The van der Waals surface area contributed by atoms with Gasteiger partial charge in [-0.1, -0.05) is 41.4 Å². The highest BCUT2D eigenvalue weighted by molar-refractivity contribution is 6.31. The predicted octanol–water partition coefficient (Wildman–Crippen LogP) is 8.38. The number of aromatic hydroxyl groups is 1. The van der Waals surface area contributed by atoms with Crippen LogP contribution >= 0.6 is 23.2 Å². The Morgan fingerprint density at radius 2 is 1.57 bits per heavy atom. The van der Waals surface area contributed by atoms with E-state index < -0.39 is 34.4 Å². The number of alkyl halides is 6. The van der Waals surface area contributed by atoms with Crippen LogP contribution in [-0.4, -0.2) is 14.9 Å². The monoisotopic (exact) mass is 560 g/mol. The third kappa shape index (κ3) is 5.65. The maximum atomic E-state index is 13.5. The smallest absolute Gasteiger partial charge is 0.433 e. The number of phenolic OH excluding ortho intramolecular Hbond substituents is 1. The molecule has 0 radical (unpaired) electrons. The van der Waals surface area contributed by atoms with Crippen molar-refractivity contribution in [1.82, 2.24) is 9.78 Å². The number of nitrogens with zero attached hydrogens (tertiary/aromatic N) is 2. The molecule has 1 N–H and O–H groups in total. The van der Waals surface area contributed by atoms with Gasteiger partial charge in [-0.25, -0.2) is 0 Å². The van der Waals surface area contributed by atoms with E-state index in [-0.39, 0.29) is 34.7 Å². The van der Waals surface area contributed by atoms with Gasteiger partial charge in [0.1, 0.15) is 23.8 Å². The van der Waals surface area contributed by atoms with Crippen molar-refractivity contribution >= 4 is 23.2 Å². The highest BCUT2D eigenvalue weighted by Gasteiger charge is 2.36. The fraction of sp³-hybridized carbons (Fsp3) is 0.160. The van der Waals surface area contributed by atoms with Crippen molar-refractivity contribution < 1.29 is 36.2 Å². The molecule has 0 unspecified atom stereocenters. The summed E-state index contributed by atoms with van der Waals surface area (Å²) in [6.07, 6.45) is -9.51. The number of phenols is 1. The molecule has 3 aromatic carbocycles. The third-order valence-corrected chi connectivity index (χ3v) is 6.04. The molecule has 1 aromatic heterocycles. The molecule has 0 saturated heterocycles. The van der Waals surface area contributed by atoms with Crippen LogP contribution in [0.25, 0.3) is 22.4 Å². The lowest BCUT2D eigenvalue weighted by molar-refractivity contribution is -0.143. The van der Waals surface area contributed by atoms with E-state index in [0.717, 1.165) is 25.2 Å². The molecule has 0 fully saturated rings. The van der Waals surface area contributed by atoms with Gasteiger partial charge in [0.2, 0.25) is 0 Å². The zero-order valence-electron chi connectivity index (χ0n) is 18.8. The SMILES string of the molecule is Cn1nc(-c2ccc(OCc3ccc(Cl)cc3)c(-c3ccc(Cl)c(C(F)(F)F)c3)c2O)cc1C(F)(F)F. The van der Waals surface area contributed by atoms with Gasteiger partial charge in [-0.05, 0) is 53.6 Å². The summed E-state index contributed by atoms with van der Waals surface area (Å²) in [5.41, 5.74) is -2.21. The first kappa shape index (κ1) is 26.7. The number of ether oxygens (including phenoxy) is 1. The Kier molecular flexibility index (Phi) is 7.09. The van der Waals surface area contributed by atoms with E-state index in [1.54, 1.807) is 24.3 Å². The quantitative estimate of drug-likeness (QED) is 0.249. The van der Waals surface area contributed by atoms with Crippen LogP contribution in [0.1, 0.15) is 16.8 Å². The lowest BCUT2D eigenvalue weighted by atomic mass is 9.97. The lowest BCUT2D eigenvalue weighted by Crippen LogP contribution is -2.11. The molecule has 0 spiro atoms. The van der Waals surface area contributed by atoms with E-state index in [4.69, 9.17) is 27.9 Å². The summed E-state index contributed by atoms with van der Waals surface area (Å²) in [4.78, 5) is 0. The lowest BCUT2D eigenvalue weighted by Gasteiger charge is -2.17. The molecule has 0 aliphatic rings. The van der Waals surface area contributed by atoms with Crippen molar-refractivity contribution in [2.75, 3.05) is 0 Å². The second kappa shape index (κ2) is 9.83. The minimum Gasteiger partial charge on any atom is -0.506 e. The number of halogens is 8. The molecule has 0 amide bonds. The molecule has 4 aromatic rings. The second-order valence-electron chi connectivity index (χ2n) is 7.98. The number of rotatable bonds is 5. The first-order valence-electron chi connectivity index (χ1n) is 10.5. The van der Waals surface area contributed by atoms with Gasteiger partial charge in [-0.2, -0.15) is 31.4 Å². The van der Waals surface area contributed by atoms with Gasteiger partial charge in [-0.15, -0.1) is 0 Å². The predicted molar refractivity (Wildman–Crippen MR) is 127 cm³/mol. The molecular weight excluding hydrogens is 545 g/mol. The molecule has 37 heavy (non-hydrogen) atoms. The van der Waals surface area contributed by atoms with Gasteiger partial charge >= 0.3 is 12.4 Å². The van der Waals surface area contributed by atoms with Crippen LogP contribution in [0.15, 0.2) is 60.7 Å². The van der Waals surface area contributed by atoms with E-state index in [1.807, 2.05) is 0 Å². The third-order valence-electron chi connectivity index (χ3n) is 5.45. The van der Waals surface area contributed by atoms with Crippen molar-refractivity contribution in [3.63, 3.8) is 0 Å². The van der Waals surface area contributed by atoms with Gasteiger partial charge in [0, 0.05) is 17.6 Å². The molecule has 0 aliphatic heterocycles. The molecule has 0 saturated carbocycles. The Morgan fingerprint density at radius 3 is 2.16 bits per heavy atom. The van der Waals surface area contributed by atoms with Crippen molar-refractivity contribution in [1.29, 1.82) is 0 Å². The molecule has 12 heteroatoms. The molecule has 4 nitrogen and oxygen atoms in total. The van der Waals surface area contributed by atoms with Crippen LogP contribution < -0.4 is 4.74 Å². The van der Waals surface area contributed by atoms with E-state index in [1.165, 1.54) is 18.2 Å². The molecule has 0 atom stereocenters. The number of benzene rings is 3. The number of aromatic nitrogens is 2. The van der Waals surface area contributed by atoms with Crippen LogP contribution in [0.2, 0.25) is 10.0 Å². The minimum absolute atomic E-state index is 0.0152. The van der Waals surface area contributed by atoms with Crippen molar-refractivity contribution in [3.05, 3.63) is 87.5 Å². The van der Waals surface area contributed by atoms with Crippen LogP contribution in [0, 0.1) is 0 Å². The zero-order chi connectivity index (χ0) is 27.1. The summed E-state index contributed by atoms with van der Waals surface area (Å²) >= 11 is 11.6. The summed E-state index contributed by atoms with van der Waals surface area (Å²) in [5.74, 6) is -0.630. The van der Waals surface area contributed by atoms with Crippen molar-refractivity contribution in [2.24, 2.45) is 7.05 Å². The summed E-state index contributed by atoms with van der Waals surface area (Å²) in [5, 5.41) is 14.9. The molecule has 194 valence electrons. The summed E-state index contributed by atoms with van der Waals surface area (Å²) in [7, 11) is 1.09. The van der Waals surface area contributed by atoms with Crippen LogP contribution in [0.4, 0.5) is 26.3 Å². The van der Waals surface area contributed by atoms with Crippen LogP contribution in [0.5, 0.6) is 11.5 Å². The Labute approximate surface area is 216 Å². The normalized spacial score (nSPS) is 12.1. The Bertz CT molecular complexity index is 1450. The van der Waals surface area contributed by atoms with Crippen LogP contribution in [0.3, 0.4) is 0 Å². The highest BCUT2D eigenvalue weighted by Crippen LogP contribution is 2.47. The second-order valence-corrected chi connectivity index (χ2v) is 8.82. The Hall–Kier alpha value is -3.37. The summed E-state index contributed by atoms with van der Waals surface area (Å²) < 4.78 is 86.9. The maximum Gasteiger partial charge on any atom is 0.433 e. The average molecular weight is 561 g/mol. The first-order valence-corrected chi connectivity index (χ1v) is 11.2. The van der Waals surface area contributed by atoms with Crippen molar-refractivity contribution in [2.45, 2.75) is 19.0 Å². The Balaban J connectivity index is 1.86. The number of hydrogen-bond donors (Lipinski definition) is 1. The van der Waals surface area contributed by atoms with E-state index in [0.29, 0.717) is 15.3 Å². The molecule has 0 aliphatic carbocycles. The average Bonchev–Trinajstić information content (AvgIpc) is 3.20. The van der Waals surface area contributed by atoms with Gasteiger partial charge in [0.25, 0.3) is 0 Å². The van der Waals surface area contributed by atoms with Crippen molar-refractivity contribution in [3.8, 4) is 33.9 Å². The van der Waals surface area contributed by atoms with Crippen LogP contribution in [-0.2, 0) is 26.0 Å². The van der Waals surface area contributed by atoms with Gasteiger partial charge in [0.15, 0.2) is 0 Å². The fourth-order valence-electron chi connectivity index (χ4n) is 3.68. The largest absolute Gasteiger partial charge is 0.506 e. The first-order chi connectivity index (χ1) is 17.3. The Morgan fingerprint density at radius 1 is 0.892 bits per heavy atom. The van der Waals surface area contributed by atoms with Gasteiger partial charge in [0.05, 0.1) is 21.8 Å². The zero-order valence-corrected chi connectivity index (χ0v) is 20.3. The summed E-state index contributed by atoms with van der Waals surface area (Å²) in [6.45, 7) is -0.0372. The molecule has 0 bridgehead atoms. The number of aryl methyl sites for hydroxylation is 1.